The summed E-state index contributed by atoms with van der Waals surface area (Å²) in [6.07, 6.45) is 0. The van der Waals surface area contributed by atoms with Crippen LogP contribution in [0.4, 0.5) is 17.3 Å². The Balaban J connectivity index is 2.15. The number of aryl methyl sites for hydroxylation is 1. The fourth-order valence-corrected chi connectivity index (χ4v) is 1.86. The molecular formula is C14H16N4O2. The summed E-state index contributed by atoms with van der Waals surface area (Å²) < 4.78 is 0. The van der Waals surface area contributed by atoms with Gasteiger partial charge in [0.25, 0.3) is 0 Å². The summed E-state index contributed by atoms with van der Waals surface area (Å²) in [6.45, 7) is 4.02. The molecule has 0 spiro atoms. The Labute approximate surface area is 116 Å². The molecule has 0 saturated carbocycles. The van der Waals surface area contributed by atoms with Gasteiger partial charge in [-0.3, -0.25) is 10.1 Å². The number of benzene rings is 1. The lowest BCUT2D eigenvalue weighted by Crippen LogP contribution is -2.09. The summed E-state index contributed by atoms with van der Waals surface area (Å²) in [5.41, 5.74) is 7.68. The van der Waals surface area contributed by atoms with E-state index in [1.807, 2.05) is 38.1 Å². The van der Waals surface area contributed by atoms with Gasteiger partial charge in [-0.25, -0.2) is 4.98 Å². The van der Waals surface area contributed by atoms with E-state index in [1.165, 1.54) is 11.6 Å². The lowest BCUT2D eigenvalue weighted by atomic mass is 10.1. The molecule has 3 N–H and O–H groups in total. The number of nitrogens with zero attached hydrogens (tertiary/aromatic N) is 2. The number of anilines is 2. The average Bonchev–Trinajstić information content (AvgIpc) is 2.39. The molecule has 6 heteroatoms. The molecule has 0 fully saturated rings. The molecule has 0 amide bonds. The number of aromatic nitrogens is 1. The molecule has 1 heterocycles. The van der Waals surface area contributed by atoms with Gasteiger partial charge in [-0.2, -0.15) is 0 Å². The largest absolute Gasteiger partial charge is 0.378 e. The maximum absolute atomic E-state index is 10.7. The van der Waals surface area contributed by atoms with E-state index in [4.69, 9.17) is 5.73 Å². The fraction of sp³-hybridized carbons (Fsp3) is 0.214. The van der Waals surface area contributed by atoms with Crippen molar-refractivity contribution in [2.45, 2.75) is 19.9 Å². The van der Waals surface area contributed by atoms with Crippen LogP contribution in [0.5, 0.6) is 0 Å². The van der Waals surface area contributed by atoms with E-state index < -0.39 is 4.92 Å². The van der Waals surface area contributed by atoms with Crippen molar-refractivity contribution in [3.63, 3.8) is 0 Å². The third-order valence-electron chi connectivity index (χ3n) is 3.04. The van der Waals surface area contributed by atoms with E-state index >= 15 is 0 Å². The standard InChI is InChI=1S/C14H16N4O2/c1-9-3-5-11(6-4-9)10(2)16-13-8-7-12(18(19)20)14(15)17-13/h3-8,10H,1-2H3,(H3,15,16,17). The van der Waals surface area contributed by atoms with Crippen LogP contribution in [-0.4, -0.2) is 9.91 Å². The van der Waals surface area contributed by atoms with Gasteiger partial charge in [-0.1, -0.05) is 29.8 Å². The molecule has 0 saturated heterocycles. The molecule has 0 aliphatic heterocycles. The molecule has 20 heavy (non-hydrogen) atoms. The molecule has 1 unspecified atom stereocenters. The van der Waals surface area contributed by atoms with Gasteiger partial charge in [0.1, 0.15) is 5.82 Å². The van der Waals surface area contributed by atoms with E-state index in [1.54, 1.807) is 6.07 Å². The minimum atomic E-state index is -0.546. The lowest BCUT2D eigenvalue weighted by Gasteiger charge is -2.15. The molecule has 0 aliphatic rings. The summed E-state index contributed by atoms with van der Waals surface area (Å²) in [6, 6.07) is 11.1. The van der Waals surface area contributed by atoms with Crippen molar-refractivity contribution in [3.8, 4) is 0 Å². The van der Waals surface area contributed by atoms with E-state index in [2.05, 4.69) is 10.3 Å². The Morgan fingerprint density at radius 1 is 1.25 bits per heavy atom. The number of hydrogen-bond acceptors (Lipinski definition) is 5. The van der Waals surface area contributed by atoms with E-state index in [-0.39, 0.29) is 17.5 Å². The van der Waals surface area contributed by atoms with E-state index in [9.17, 15) is 10.1 Å². The highest BCUT2D eigenvalue weighted by atomic mass is 16.6. The number of pyridine rings is 1. The number of nitrogens with two attached hydrogens (primary N) is 1. The van der Waals surface area contributed by atoms with Crippen LogP contribution >= 0.6 is 0 Å². The molecule has 2 rings (SSSR count). The summed E-state index contributed by atoms with van der Waals surface area (Å²) >= 11 is 0. The minimum Gasteiger partial charge on any atom is -0.378 e. The molecule has 1 aromatic carbocycles. The topological polar surface area (TPSA) is 94.1 Å². The van der Waals surface area contributed by atoms with Crippen molar-refractivity contribution in [1.82, 2.24) is 4.98 Å². The van der Waals surface area contributed by atoms with Crippen molar-refractivity contribution in [1.29, 1.82) is 0 Å². The van der Waals surface area contributed by atoms with Crippen molar-refractivity contribution < 1.29 is 4.92 Å². The van der Waals surface area contributed by atoms with Gasteiger partial charge >= 0.3 is 5.69 Å². The van der Waals surface area contributed by atoms with Crippen molar-refractivity contribution in [2.24, 2.45) is 0 Å². The lowest BCUT2D eigenvalue weighted by molar-refractivity contribution is -0.384. The fourth-order valence-electron chi connectivity index (χ4n) is 1.86. The third kappa shape index (κ3) is 3.03. The molecule has 0 bridgehead atoms. The van der Waals surface area contributed by atoms with E-state index in [0.717, 1.165) is 5.56 Å². The maximum Gasteiger partial charge on any atom is 0.311 e. The van der Waals surface area contributed by atoms with Crippen LogP contribution in [-0.2, 0) is 0 Å². The van der Waals surface area contributed by atoms with Crippen molar-refractivity contribution in [3.05, 3.63) is 57.6 Å². The molecule has 0 radical (unpaired) electrons. The molecule has 1 atom stereocenters. The molecule has 1 aromatic heterocycles. The van der Waals surface area contributed by atoms with Gasteiger partial charge in [0.15, 0.2) is 0 Å². The van der Waals surface area contributed by atoms with Crippen molar-refractivity contribution >= 4 is 17.3 Å². The first-order chi connectivity index (χ1) is 9.47. The Hall–Kier alpha value is -2.63. The predicted molar refractivity (Wildman–Crippen MR) is 78.5 cm³/mol. The monoisotopic (exact) mass is 272 g/mol. The molecule has 6 nitrogen and oxygen atoms in total. The van der Waals surface area contributed by atoms with Crippen LogP contribution in [0.15, 0.2) is 36.4 Å². The molecular weight excluding hydrogens is 256 g/mol. The summed E-state index contributed by atoms with van der Waals surface area (Å²) in [7, 11) is 0. The van der Waals surface area contributed by atoms with Gasteiger partial charge in [-0.05, 0) is 25.5 Å². The number of hydrogen-bond donors (Lipinski definition) is 2. The summed E-state index contributed by atoms with van der Waals surface area (Å²) in [4.78, 5) is 14.1. The SMILES string of the molecule is Cc1ccc(C(C)Nc2ccc([N+](=O)[O-])c(N)n2)cc1. The number of nitrogen functional groups attached to an aromatic ring is 1. The Morgan fingerprint density at radius 3 is 2.45 bits per heavy atom. The van der Waals surface area contributed by atoms with Crippen LogP contribution in [0, 0.1) is 17.0 Å². The smallest absolute Gasteiger partial charge is 0.311 e. The molecule has 104 valence electrons. The third-order valence-corrected chi connectivity index (χ3v) is 3.04. The first-order valence-electron chi connectivity index (χ1n) is 6.21. The number of nitrogens with one attached hydrogen (secondary N) is 1. The van der Waals surface area contributed by atoms with Gasteiger partial charge in [0.2, 0.25) is 5.82 Å². The zero-order valence-electron chi connectivity index (χ0n) is 11.3. The molecule has 2 aromatic rings. The van der Waals surface area contributed by atoms with Gasteiger partial charge in [0.05, 0.1) is 4.92 Å². The first kappa shape index (κ1) is 13.8. The summed E-state index contributed by atoms with van der Waals surface area (Å²) in [5.74, 6) is 0.428. The highest BCUT2D eigenvalue weighted by Gasteiger charge is 2.14. The predicted octanol–water partition coefficient (Wildman–Crippen LogP) is 3.05. The highest BCUT2D eigenvalue weighted by molar-refractivity contribution is 5.57. The van der Waals surface area contributed by atoms with E-state index in [0.29, 0.717) is 5.82 Å². The van der Waals surface area contributed by atoms with Gasteiger partial charge in [-0.15, -0.1) is 0 Å². The van der Waals surface area contributed by atoms with Crippen LogP contribution < -0.4 is 11.1 Å². The Kier molecular flexibility index (Phi) is 3.84. The second-order valence-electron chi connectivity index (χ2n) is 4.63. The second-order valence-corrected chi connectivity index (χ2v) is 4.63. The van der Waals surface area contributed by atoms with Crippen LogP contribution in [0.25, 0.3) is 0 Å². The van der Waals surface area contributed by atoms with Crippen molar-refractivity contribution in [2.75, 3.05) is 11.1 Å². The minimum absolute atomic E-state index is 0.0314. The normalized spacial score (nSPS) is 11.9. The first-order valence-corrected chi connectivity index (χ1v) is 6.21. The maximum atomic E-state index is 10.7. The zero-order chi connectivity index (χ0) is 14.7. The summed E-state index contributed by atoms with van der Waals surface area (Å²) in [5, 5.41) is 13.8. The Bertz CT molecular complexity index is 626. The highest BCUT2D eigenvalue weighted by Crippen LogP contribution is 2.23. The number of rotatable bonds is 4. The van der Waals surface area contributed by atoms with Gasteiger partial charge < -0.3 is 11.1 Å². The van der Waals surface area contributed by atoms with Crippen LogP contribution in [0.3, 0.4) is 0 Å². The number of nitro groups is 1. The second kappa shape index (κ2) is 5.56. The van der Waals surface area contributed by atoms with Gasteiger partial charge in [0, 0.05) is 12.1 Å². The Morgan fingerprint density at radius 2 is 1.90 bits per heavy atom. The zero-order valence-corrected chi connectivity index (χ0v) is 11.3. The van der Waals surface area contributed by atoms with Crippen LogP contribution in [0.2, 0.25) is 0 Å². The van der Waals surface area contributed by atoms with Crippen LogP contribution in [0.1, 0.15) is 24.1 Å². The molecule has 0 aliphatic carbocycles. The quantitative estimate of drug-likeness (QED) is 0.659. The average molecular weight is 272 g/mol.